The molecule has 0 unspecified atom stereocenters. The van der Waals surface area contributed by atoms with Crippen LogP contribution in [0.1, 0.15) is 36.1 Å². The fourth-order valence-electron chi connectivity index (χ4n) is 3.35. The third kappa shape index (κ3) is 3.93. The quantitative estimate of drug-likeness (QED) is 0.793. The van der Waals surface area contributed by atoms with E-state index in [-0.39, 0.29) is 11.8 Å². The SMILES string of the molecule is CCCN1C(=O)Cc2ccccc2[C@@H]1C(=O)NCc1ccc(SC)cc1. The zero-order valence-electron chi connectivity index (χ0n) is 15.2. The first-order chi connectivity index (χ1) is 12.6. The van der Waals surface area contributed by atoms with Gasteiger partial charge in [-0.2, -0.15) is 0 Å². The van der Waals surface area contributed by atoms with E-state index < -0.39 is 6.04 Å². The number of thioether (sulfide) groups is 1. The number of fused-ring (bicyclic) bond motifs is 1. The van der Waals surface area contributed by atoms with Crippen LogP contribution in [0.3, 0.4) is 0 Å². The van der Waals surface area contributed by atoms with Crippen molar-refractivity contribution in [2.75, 3.05) is 12.8 Å². The Morgan fingerprint density at radius 3 is 2.62 bits per heavy atom. The van der Waals surface area contributed by atoms with Crippen LogP contribution in [0, 0.1) is 0 Å². The monoisotopic (exact) mass is 368 g/mol. The highest BCUT2D eigenvalue weighted by Gasteiger charge is 2.36. The van der Waals surface area contributed by atoms with Gasteiger partial charge in [0.05, 0.1) is 6.42 Å². The van der Waals surface area contributed by atoms with Crippen molar-refractivity contribution < 1.29 is 9.59 Å². The number of benzene rings is 2. The van der Waals surface area contributed by atoms with Crippen LogP contribution in [0.5, 0.6) is 0 Å². The standard InChI is InChI=1S/C21H24N2O2S/c1-3-12-23-19(24)13-16-6-4-5-7-18(16)20(23)21(25)22-14-15-8-10-17(26-2)11-9-15/h4-11,20H,3,12-14H2,1-2H3,(H,22,25)/t20-/m1/s1. The summed E-state index contributed by atoms with van der Waals surface area (Å²) in [5.41, 5.74) is 2.94. The Balaban J connectivity index is 1.79. The van der Waals surface area contributed by atoms with Gasteiger partial charge in [-0.1, -0.05) is 43.3 Å². The molecule has 1 aliphatic rings. The lowest BCUT2D eigenvalue weighted by atomic mass is 9.91. The van der Waals surface area contributed by atoms with Crippen LogP contribution in [0.2, 0.25) is 0 Å². The predicted octanol–water partition coefficient (Wildman–Crippen LogP) is 3.56. The number of nitrogens with zero attached hydrogens (tertiary/aromatic N) is 1. The van der Waals surface area contributed by atoms with Crippen molar-refractivity contribution in [3.8, 4) is 0 Å². The Hall–Kier alpha value is -2.27. The van der Waals surface area contributed by atoms with Crippen LogP contribution in [0.15, 0.2) is 53.4 Å². The molecule has 136 valence electrons. The lowest BCUT2D eigenvalue weighted by Gasteiger charge is -2.36. The molecule has 0 aromatic heterocycles. The molecule has 1 aliphatic heterocycles. The first-order valence-electron chi connectivity index (χ1n) is 8.92. The topological polar surface area (TPSA) is 49.4 Å². The summed E-state index contributed by atoms with van der Waals surface area (Å²) in [6, 6.07) is 15.4. The van der Waals surface area contributed by atoms with Gasteiger partial charge < -0.3 is 10.2 Å². The molecule has 0 fully saturated rings. The Bertz CT molecular complexity index is 789. The average Bonchev–Trinajstić information content (AvgIpc) is 2.67. The number of amides is 2. The van der Waals surface area contributed by atoms with Crippen LogP contribution in [-0.2, 0) is 22.6 Å². The maximum atomic E-state index is 13.0. The maximum Gasteiger partial charge on any atom is 0.247 e. The Kier molecular flexibility index (Phi) is 5.99. The van der Waals surface area contributed by atoms with Crippen molar-refractivity contribution in [1.82, 2.24) is 10.2 Å². The lowest BCUT2D eigenvalue weighted by Crippen LogP contribution is -2.47. The summed E-state index contributed by atoms with van der Waals surface area (Å²) in [6.45, 7) is 3.07. The Morgan fingerprint density at radius 2 is 1.92 bits per heavy atom. The van der Waals surface area contributed by atoms with Gasteiger partial charge in [0.1, 0.15) is 6.04 Å². The van der Waals surface area contributed by atoms with Gasteiger partial charge in [-0.15, -0.1) is 11.8 Å². The third-order valence-electron chi connectivity index (χ3n) is 4.66. The number of hydrogen-bond donors (Lipinski definition) is 1. The molecule has 1 atom stereocenters. The molecule has 0 spiro atoms. The highest BCUT2D eigenvalue weighted by molar-refractivity contribution is 7.98. The van der Waals surface area contributed by atoms with E-state index in [0.717, 1.165) is 23.1 Å². The molecule has 26 heavy (non-hydrogen) atoms. The van der Waals surface area contributed by atoms with Crippen LogP contribution in [0.25, 0.3) is 0 Å². The fraction of sp³-hybridized carbons (Fsp3) is 0.333. The zero-order chi connectivity index (χ0) is 18.5. The van der Waals surface area contributed by atoms with Gasteiger partial charge in [-0.3, -0.25) is 9.59 Å². The molecule has 2 amide bonds. The molecule has 0 saturated carbocycles. The summed E-state index contributed by atoms with van der Waals surface area (Å²) in [7, 11) is 0. The summed E-state index contributed by atoms with van der Waals surface area (Å²) >= 11 is 1.69. The zero-order valence-corrected chi connectivity index (χ0v) is 16.0. The molecule has 2 aromatic rings. The van der Waals surface area contributed by atoms with E-state index in [9.17, 15) is 9.59 Å². The number of rotatable bonds is 6. The highest BCUT2D eigenvalue weighted by Crippen LogP contribution is 2.30. The molecule has 5 heteroatoms. The molecule has 0 radical (unpaired) electrons. The van der Waals surface area contributed by atoms with E-state index in [1.165, 1.54) is 4.90 Å². The second kappa shape index (κ2) is 8.41. The molecule has 0 bridgehead atoms. The number of hydrogen-bond acceptors (Lipinski definition) is 3. The van der Waals surface area contributed by atoms with Gasteiger partial charge >= 0.3 is 0 Å². The van der Waals surface area contributed by atoms with Crippen LogP contribution >= 0.6 is 11.8 Å². The minimum atomic E-state index is -0.544. The van der Waals surface area contributed by atoms with Crippen LogP contribution < -0.4 is 5.32 Å². The van der Waals surface area contributed by atoms with Crippen LogP contribution in [-0.4, -0.2) is 29.5 Å². The summed E-state index contributed by atoms with van der Waals surface area (Å²) in [5, 5.41) is 3.02. The van der Waals surface area contributed by atoms with Crippen LogP contribution in [0.4, 0.5) is 0 Å². The van der Waals surface area contributed by atoms with E-state index in [2.05, 4.69) is 17.4 Å². The first-order valence-corrected chi connectivity index (χ1v) is 10.1. The van der Waals surface area contributed by atoms with Crippen molar-refractivity contribution in [1.29, 1.82) is 0 Å². The van der Waals surface area contributed by atoms with Gasteiger partial charge in [-0.05, 0) is 41.5 Å². The second-order valence-electron chi connectivity index (χ2n) is 6.43. The Labute approximate surface area is 159 Å². The highest BCUT2D eigenvalue weighted by atomic mass is 32.2. The molecule has 4 nitrogen and oxygen atoms in total. The molecule has 3 rings (SSSR count). The first kappa shape index (κ1) is 18.5. The van der Waals surface area contributed by atoms with Gasteiger partial charge in [0.2, 0.25) is 11.8 Å². The summed E-state index contributed by atoms with van der Waals surface area (Å²) in [6.07, 6.45) is 3.24. The van der Waals surface area contributed by atoms with Gasteiger partial charge in [0, 0.05) is 18.0 Å². The van der Waals surface area contributed by atoms with E-state index >= 15 is 0 Å². The van der Waals surface area contributed by atoms with Crippen molar-refractivity contribution in [2.45, 2.75) is 37.2 Å². The minimum Gasteiger partial charge on any atom is -0.350 e. The lowest BCUT2D eigenvalue weighted by molar-refractivity contribution is -0.141. The van der Waals surface area contributed by atoms with Gasteiger partial charge in [-0.25, -0.2) is 0 Å². The molecular formula is C21H24N2O2S. The molecular weight excluding hydrogens is 344 g/mol. The van der Waals surface area contributed by atoms with E-state index in [1.807, 2.05) is 49.6 Å². The number of carbonyl (C=O) groups is 2. The van der Waals surface area contributed by atoms with E-state index in [0.29, 0.717) is 19.5 Å². The van der Waals surface area contributed by atoms with E-state index in [4.69, 9.17) is 0 Å². The Morgan fingerprint density at radius 1 is 1.19 bits per heavy atom. The number of nitrogens with one attached hydrogen (secondary N) is 1. The normalized spacial score (nSPS) is 16.3. The third-order valence-corrected chi connectivity index (χ3v) is 5.41. The van der Waals surface area contributed by atoms with Crippen molar-refractivity contribution in [2.24, 2.45) is 0 Å². The summed E-state index contributed by atoms with van der Waals surface area (Å²) in [5.74, 6) is -0.0945. The van der Waals surface area contributed by atoms with Gasteiger partial charge in [0.15, 0.2) is 0 Å². The molecule has 2 aromatic carbocycles. The van der Waals surface area contributed by atoms with Crippen molar-refractivity contribution >= 4 is 23.6 Å². The minimum absolute atomic E-state index is 0.0232. The largest absolute Gasteiger partial charge is 0.350 e. The maximum absolute atomic E-state index is 13.0. The predicted molar refractivity (Wildman–Crippen MR) is 105 cm³/mol. The smallest absolute Gasteiger partial charge is 0.247 e. The second-order valence-corrected chi connectivity index (χ2v) is 7.31. The summed E-state index contributed by atoms with van der Waals surface area (Å²) in [4.78, 5) is 28.4. The summed E-state index contributed by atoms with van der Waals surface area (Å²) < 4.78 is 0. The van der Waals surface area contributed by atoms with E-state index in [1.54, 1.807) is 16.7 Å². The molecule has 1 heterocycles. The average molecular weight is 369 g/mol. The molecule has 0 saturated heterocycles. The van der Waals surface area contributed by atoms with Crippen molar-refractivity contribution in [3.05, 3.63) is 65.2 Å². The fourth-order valence-corrected chi connectivity index (χ4v) is 3.75. The van der Waals surface area contributed by atoms with Gasteiger partial charge in [0.25, 0.3) is 0 Å². The van der Waals surface area contributed by atoms with Crippen molar-refractivity contribution in [3.63, 3.8) is 0 Å². The molecule has 0 aliphatic carbocycles. The molecule has 1 N–H and O–H groups in total. The number of carbonyl (C=O) groups excluding carboxylic acids is 2.